The van der Waals surface area contributed by atoms with Gasteiger partial charge in [-0.15, -0.1) is 0 Å². The van der Waals surface area contributed by atoms with Crippen LogP contribution >= 0.6 is 0 Å². The van der Waals surface area contributed by atoms with Crippen molar-refractivity contribution in [3.63, 3.8) is 0 Å². The summed E-state index contributed by atoms with van der Waals surface area (Å²) in [6.07, 6.45) is 3.71. The van der Waals surface area contributed by atoms with E-state index in [4.69, 9.17) is 5.11 Å². The number of allylic oxidation sites excluding steroid dienone is 1. The predicted molar refractivity (Wildman–Crippen MR) is 40.5 cm³/mol. The molecule has 56 valence electrons. The summed E-state index contributed by atoms with van der Waals surface area (Å²) in [5.41, 5.74) is 1.44. The lowest BCUT2D eigenvalue weighted by Gasteiger charge is -2.20. The van der Waals surface area contributed by atoms with Crippen LogP contribution in [0.15, 0.2) is 12.2 Å². The molecule has 3 unspecified atom stereocenters. The van der Waals surface area contributed by atoms with Crippen molar-refractivity contribution in [1.29, 1.82) is 0 Å². The molecule has 0 aromatic heterocycles. The van der Waals surface area contributed by atoms with Crippen molar-refractivity contribution in [2.24, 2.45) is 17.8 Å². The molecular formula is C9H14O. The number of aliphatic hydroxyl groups is 1. The van der Waals surface area contributed by atoms with Crippen LogP contribution in [-0.4, -0.2) is 11.7 Å². The van der Waals surface area contributed by atoms with Crippen molar-refractivity contribution in [3.05, 3.63) is 12.2 Å². The van der Waals surface area contributed by atoms with Crippen molar-refractivity contribution >= 4 is 0 Å². The summed E-state index contributed by atoms with van der Waals surface area (Å²) in [4.78, 5) is 0. The third-order valence-corrected chi connectivity index (χ3v) is 3.18. The molecule has 0 heterocycles. The molecule has 2 aliphatic carbocycles. The van der Waals surface area contributed by atoms with Crippen LogP contribution in [0.25, 0.3) is 0 Å². The van der Waals surface area contributed by atoms with Crippen LogP contribution in [0.2, 0.25) is 0 Å². The van der Waals surface area contributed by atoms with Gasteiger partial charge in [0, 0.05) is 6.61 Å². The van der Waals surface area contributed by atoms with Gasteiger partial charge in [0.2, 0.25) is 0 Å². The minimum absolute atomic E-state index is 0.397. The smallest absolute Gasteiger partial charge is 0.0462 e. The average Bonchev–Trinajstić information content (AvgIpc) is 2.44. The minimum atomic E-state index is 0.397. The maximum atomic E-state index is 8.94. The SMILES string of the molecule is C=C1CC2CC1CC2CO. The Morgan fingerprint density at radius 3 is 2.70 bits per heavy atom. The van der Waals surface area contributed by atoms with E-state index in [2.05, 4.69) is 6.58 Å². The first kappa shape index (κ1) is 6.41. The Bertz CT molecular complexity index is 162. The molecule has 2 aliphatic rings. The van der Waals surface area contributed by atoms with E-state index in [1.54, 1.807) is 0 Å². The summed E-state index contributed by atoms with van der Waals surface area (Å²) in [5, 5.41) is 8.94. The Morgan fingerprint density at radius 1 is 1.50 bits per heavy atom. The number of aliphatic hydroxyl groups excluding tert-OH is 1. The van der Waals surface area contributed by atoms with Gasteiger partial charge in [0.05, 0.1) is 0 Å². The highest BCUT2D eigenvalue weighted by Gasteiger charge is 2.41. The fourth-order valence-electron chi connectivity index (χ4n) is 2.52. The third-order valence-electron chi connectivity index (χ3n) is 3.18. The quantitative estimate of drug-likeness (QED) is 0.545. The van der Waals surface area contributed by atoms with Crippen LogP contribution in [-0.2, 0) is 0 Å². The van der Waals surface area contributed by atoms with E-state index < -0.39 is 0 Å². The molecule has 1 nitrogen and oxygen atoms in total. The maximum Gasteiger partial charge on any atom is 0.0462 e. The van der Waals surface area contributed by atoms with E-state index in [1.807, 2.05) is 0 Å². The van der Waals surface area contributed by atoms with Crippen LogP contribution in [0.4, 0.5) is 0 Å². The molecule has 2 saturated carbocycles. The van der Waals surface area contributed by atoms with Crippen LogP contribution in [0.5, 0.6) is 0 Å². The fourth-order valence-corrected chi connectivity index (χ4v) is 2.52. The standard InChI is InChI=1S/C9H14O/c1-6-2-8-3-7(6)4-9(8)5-10/h7-10H,1-5H2. The third kappa shape index (κ3) is 0.734. The predicted octanol–water partition coefficient (Wildman–Crippen LogP) is 1.58. The highest BCUT2D eigenvalue weighted by atomic mass is 16.3. The first-order valence-electron chi connectivity index (χ1n) is 4.09. The Balaban J connectivity index is 2.09. The van der Waals surface area contributed by atoms with Gasteiger partial charge in [0.1, 0.15) is 0 Å². The molecule has 0 aliphatic heterocycles. The van der Waals surface area contributed by atoms with Gasteiger partial charge in [-0.2, -0.15) is 0 Å². The zero-order valence-electron chi connectivity index (χ0n) is 6.21. The second-order valence-electron chi connectivity index (χ2n) is 3.73. The van der Waals surface area contributed by atoms with Gasteiger partial charge in [-0.1, -0.05) is 12.2 Å². The average molecular weight is 138 g/mol. The van der Waals surface area contributed by atoms with Gasteiger partial charge in [0.25, 0.3) is 0 Å². The fraction of sp³-hybridized carbons (Fsp3) is 0.778. The molecule has 0 spiro atoms. The van der Waals surface area contributed by atoms with Gasteiger partial charge in [0.15, 0.2) is 0 Å². The van der Waals surface area contributed by atoms with Crippen LogP contribution in [0.1, 0.15) is 19.3 Å². The molecule has 0 aromatic carbocycles. The highest BCUT2D eigenvalue weighted by Crippen LogP contribution is 2.50. The zero-order chi connectivity index (χ0) is 7.14. The molecule has 2 bridgehead atoms. The molecule has 3 atom stereocenters. The molecule has 0 radical (unpaired) electrons. The number of fused-ring (bicyclic) bond motifs is 2. The summed E-state index contributed by atoms with van der Waals surface area (Å²) >= 11 is 0. The number of hydrogen-bond donors (Lipinski definition) is 1. The zero-order valence-corrected chi connectivity index (χ0v) is 6.21. The van der Waals surface area contributed by atoms with Crippen molar-refractivity contribution in [2.75, 3.05) is 6.61 Å². The summed E-state index contributed by atoms with van der Waals surface area (Å²) in [5.74, 6) is 2.15. The van der Waals surface area contributed by atoms with E-state index in [9.17, 15) is 0 Å². The minimum Gasteiger partial charge on any atom is -0.396 e. The van der Waals surface area contributed by atoms with E-state index in [0.29, 0.717) is 12.5 Å². The van der Waals surface area contributed by atoms with Crippen molar-refractivity contribution < 1.29 is 5.11 Å². The summed E-state index contributed by atoms with van der Waals surface area (Å²) < 4.78 is 0. The monoisotopic (exact) mass is 138 g/mol. The molecule has 1 heteroatoms. The molecule has 0 aromatic rings. The largest absolute Gasteiger partial charge is 0.396 e. The van der Waals surface area contributed by atoms with E-state index >= 15 is 0 Å². The summed E-state index contributed by atoms with van der Waals surface area (Å²) in [6.45, 7) is 4.42. The second-order valence-corrected chi connectivity index (χ2v) is 3.73. The highest BCUT2D eigenvalue weighted by molar-refractivity contribution is 5.14. The molecular weight excluding hydrogens is 124 g/mol. The first-order chi connectivity index (χ1) is 4.81. The maximum absolute atomic E-state index is 8.94. The van der Waals surface area contributed by atoms with Gasteiger partial charge in [-0.05, 0) is 37.0 Å². The number of rotatable bonds is 1. The Morgan fingerprint density at radius 2 is 2.30 bits per heavy atom. The topological polar surface area (TPSA) is 20.2 Å². The van der Waals surface area contributed by atoms with Crippen molar-refractivity contribution in [3.8, 4) is 0 Å². The Kier molecular flexibility index (Phi) is 1.34. The molecule has 0 amide bonds. The van der Waals surface area contributed by atoms with Crippen molar-refractivity contribution in [2.45, 2.75) is 19.3 Å². The van der Waals surface area contributed by atoms with Crippen LogP contribution in [0, 0.1) is 17.8 Å². The van der Waals surface area contributed by atoms with Gasteiger partial charge < -0.3 is 5.11 Å². The first-order valence-corrected chi connectivity index (χ1v) is 4.09. The van der Waals surface area contributed by atoms with Crippen LogP contribution < -0.4 is 0 Å². The van der Waals surface area contributed by atoms with Crippen molar-refractivity contribution in [1.82, 2.24) is 0 Å². The molecule has 2 fully saturated rings. The normalized spacial score (nSPS) is 44.9. The lowest BCUT2D eigenvalue weighted by Crippen LogP contribution is -2.14. The van der Waals surface area contributed by atoms with E-state index in [1.165, 1.54) is 24.8 Å². The Labute approximate surface area is 61.8 Å². The lowest BCUT2D eigenvalue weighted by atomic mass is 9.87. The Hall–Kier alpha value is -0.300. The summed E-state index contributed by atoms with van der Waals surface area (Å²) in [6, 6.07) is 0. The molecule has 2 rings (SSSR count). The summed E-state index contributed by atoms with van der Waals surface area (Å²) in [7, 11) is 0. The lowest BCUT2D eigenvalue weighted by molar-refractivity contribution is 0.187. The van der Waals surface area contributed by atoms with Crippen LogP contribution in [0.3, 0.4) is 0 Å². The molecule has 0 saturated heterocycles. The van der Waals surface area contributed by atoms with Gasteiger partial charge >= 0.3 is 0 Å². The second kappa shape index (κ2) is 2.09. The van der Waals surface area contributed by atoms with E-state index in [-0.39, 0.29) is 0 Å². The van der Waals surface area contributed by atoms with Gasteiger partial charge in [-0.25, -0.2) is 0 Å². The molecule has 1 N–H and O–H groups in total. The molecule has 10 heavy (non-hydrogen) atoms. The van der Waals surface area contributed by atoms with Gasteiger partial charge in [-0.3, -0.25) is 0 Å². The number of hydrogen-bond acceptors (Lipinski definition) is 1. The van der Waals surface area contributed by atoms with E-state index in [0.717, 1.165) is 11.8 Å².